The molecule has 0 aliphatic rings. The Labute approximate surface area is 92.3 Å². The van der Waals surface area contributed by atoms with E-state index in [1.165, 1.54) is 12.2 Å². The summed E-state index contributed by atoms with van der Waals surface area (Å²) >= 11 is 0. The molecule has 5 nitrogen and oxygen atoms in total. The van der Waals surface area contributed by atoms with E-state index in [0.29, 0.717) is 6.54 Å². The number of amides is 2. The molecule has 0 atom stereocenters. The number of nitrogens with one attached hydrogen (secondary N) is 1. The zero-order valence-electron chi connectivity index (χ0n) is 10.6. The largest absolute Gasteiger partial charge is 0.344 e. The summed E-state index contributed by atoms with van der Waals surface area (Å²) in [5, 5.41) is 4.37. The number of urea groups is 1. The third-order valence-electron chi connectivity index (χ3n) is 1.99. The second-order valence-electron chi connectivity index (χ2n) is 4.46. The first-order valence-electron chi connectivity index (χ1n) is 5.08. The van der Waals surface area contributed by atoms with Crippen molar-refractivity contribution in [2.24, 2.45) is 0 Å². The maximum atomic E-state index is 11.9. The van der Waals surface area contributed by atoms with Gasteiger partial charge in [-0.05, 0) is 27.8 Å². The fraction of sp³-hybridized carbons (Fsp3) is 0.900. The monoisotopic (exact) mass is 217 g/mol. The first-order valence-corrected chi connectivity index (χ1v) is 5.08. The van der Waals surface area contributed by atoms with Crippen molar-refractivity contribution in [3.05, 3.63) is 0 Å². The standard InChI is InChI=1S/C10H23N3O2/c1-10(2,3)13(15-6)9(14)12(5)8-7-11-4/h11H,7-8H2,1-6H3. The van der Waals surface area contributed by atoms with Gasteiger partial charge in [0.1, 0.15) is 0 Å². The zero-order chi connectivity index (χ0) is 12.1. The molecule has 0 rings (SSSR count). The maximum absolute atomic E-state index is 11.9. The number of likely N-dealkylation sites (N-methyl/N-ethyl adjacent to an activating group) is 2. The molecule has 0 aromatic rings. The second-order valence-corrected chi connectivity index (χ2v) is 4.46. The van der Waals surface area contributed by atoms with Crippen LogP contribution in [0.25, 0.3) is 0 Å². The van der Waals surface area contributed by atoms with E-state index in [9.17, 15) is 4.79 Å². The van der Waals surface area contributed by atoms with Crippen molar-refractivity contribution in [2.45, 2.75) is 26.3 Å². The summed E-state index contributed by atoms with van der Waals surface area (Å²) in [7, 11) is 5.13. The van der Waals surface area contributed by atoms with Crippen LogP contribution in [0, 0.1) is 0 Å². The molecule has 0 aromatic heterocycles. The SMILES string of the molecule is CNCCN(C)C(=O)N(OC)C(C)(C)C. The summed E-state index contributed by atoms with van der Waals surface area (Å²) in [4.78, 5) is 18.7. The fourth-order valence-corrected chi connectivity index (χ4v) is 1.17. The van der Waals surface area contributed by atoms with Gasteiger partial charge in [-0.15, -0.1) is 0 Å². The van der Waals surface area contributed by atoms with Gasteiger partial charge in [0.2, 0.25) is 0 Å². The van der Waals surface area contributed by atoms with Crippen molar-refractivity contribution in [3.8, 4) is 0 Å². The zero-order valence-corrected chi connectivity index (χ0v) is 10.6. The van der Waals surface area contributed by atoms with Crippen molar-refractivity contribution in [1.82, 2.24) is 15.3 Å². The maximum Gasteiger partial charge on any atom is 0.344 e. The summed E-state index contributed by atoms with van der Waals surface area (Å²) < 4.78 is 0. The van der Waals surface area contributed by atoms with Crippen molar-refractivity contribution in [1.29, 1.82) is 0 Å². The summed E-state index contributed by atoms with van der Waals surface area (Å²) in [6, 6.07) is -0.125. The molecule has 0 saturated heterocycles. The summed E-state index contributed by atoms with van der Waals surface area (Å²) in [5.74, 6) is 0. The number of hydrogen-bond donors (Lipinski definition) is 1. The molecule has 0 spiro atoms. The average Bonchev–Trinajstić information content (AvgIpc) is 2.12. The highest BCUT2D eigenvalue weighted by atomic mass is 16.7. The molecule has 0 aliphatic heterocycles. The van der Waals surface area contributed by atoms with Crippen LogP contribution in [0.5, 0.6) is 0 Å². The highest BCUT2D eigenvalue weighted by Gasteiger charge is 2.28. The van der Waals surface area contributed by atoms with Crippen molar-refractivity contribution in [2.75, 3.05) is 34.3 Å². The van der Waals surface area contributed by atoms with E-state index < -0.39 is 0 Å². The molecule has 2 amide bonds. The van der Waals surface area contributed by atoms with Crippen LogP contribution in [0.1, 0.15) is 20.8 Å². The Hall–Kier alpha value is -0.810. The van der Waals surface area contributed by atoms with Gasteiger partial charge in [0.15, 0.2) is 0 Å². The van der Waals surface area contributed by atoms with E-state index >= 15 is 0 Å². The van der Waals surface area contributed by atoms with Crippen LogP contribution in [-0.2, 0) is 4.84 Å². The van der Waals surface area contributed by atoms with E-state index in [1.807, 2.05) is 27.8 Å². The van der Waals surface area contributed by atoms with Crippen LogP contribution in [0.15, 0.2) is 0 Å². The minimum Gasteiger partial charge on any atom is -0.325 e. The van der Waals surface area contributed by atoms with Gasteiger partial charge in [-0.2, -0.15) is 5.06 Å². The van der Waals surface area contributed by atoms with Gasteiger partial charge in [-0.25, -0.2) is 4.79 Å². The van der Waals surface area contributed by atoms with Crippen molar-refractivity contribution in [3.63, 3.8) is 0 Å². The minimum atomic E-state index is -0.334. The lowest BCUT2D eigenvalue weighted by molar-refractivity contribution is -0.148. The molecule has 0 aliphatic carbocycles. The second kappa shape index (κ2) is 5.92. The molecular weight excluding hydrogens is 194 g/mol. The smallest absolute Gasteiger partial charge is 0.325 e. The Bertz CT molecular complexity index is 201. The molecule has 5 heteroatoms. The lowest BCUT2D eigenvalue weighted by atomic mass is 10.1. The molecule has 90 valence electrons. The summed E-state index contributed by atoms with van der Waals surface area (Å²) in [6.45, 7) is 7.22. The average molecular weight is 217 g/mol. The van der Waals surface area contributed by atoms with Gasteiger partial charge < -0.3 is 10.2 Å². The van der Waals surface area contributed by atoms with E-state index in [-0.39, 0.29) is 11.6 Å². The number of hydrogen-bond acceptors (Lipinski definition) is 3. The Kier molecular flexibility index (Phi) is 5.60. The Morgan fingerprint density at radius 3 is 2.27 bits per heavy atom. The van der Waals surface area contributed by atoms with E-state index in [2.05, 4.69) is 5.32 Å². The first kappa shape index (κ1) is 14.2. The number of carbonyl (C=O) groups is 1. The number of nitrogens with zero attached hydrogens (tertiary/aromatic N) is 2. The van der Waals surface area contributed by atoms with Gasteiger partial charge in [0, 0.05) is 20.1 Å². The van der Waals surface area contributed by atoms with Gasteiger partial charge in [-0.3, -0.25) is 4.84 Å². The molecule has 0 fully saturated rings. The van der Waals surface area contributed by atoms with Crippen molar-refractivity contribution >= 4 is 6.03 Å². The quantitative estimate of drug-likeness (QED) is 0.712. The highest BCUT2D eigenvalue weighted by molar-refractivity contribution is 5.73. The van der Waals surface area contributed by atoms with Gasteiger partial charge in [0.05, 0.1) is 12.6 Å². The molecule has 0 unspecified atom stereocenters. The summed E-state index contributed by atoms with van der Waals surface area (Å²) in [6.07, 6.45) is 0. The Morgan fingerprint density at radius 2 is 1.93 bits per heavy atom. The van der Waals surface area contributed by atoms with Gasteiger partial charge in [0.25, 0.3) is 0 Å². The van der Waals surface area contributed by atoms with Crippen molar-refractivity contribution < 1.29 is 9.63 Å². The molecule has 0 bridgehead atoms. The van der Waals surface area contributed by atoms with Crippen LogP contribution < -0.4 is 5.32 Å². The number of rotatable bonds is 4. The molecule has 0 saturated carbocycles. The van der Waals surface area contributed by atoms with Crippen LogP contribution in [-0.4, -0.2) is 55.8 Å². The van der Waals surface area contributed by atoms with E-state index in [1.54, 1.807) is 11.9 Å². The number of hydroxylamine groups is 2. The Morgan fingerprint density at radius 1 is 1.40 bits per heavy atom. The number of carbonyl (C=O) groups excluding carboxylic acids is 1. The topological polar surface area (TPSA) is 44.8 Å². The molecule has 1 N–H and O–H groups in total. The molecular formula is C10H23N3O2. The lowest BCUT2D eigenvalue weighted by Gasteiger charge is -2.35. The van der Waals surface area contributed by atoms with Gasteiger partial charge >= 0.3 is 6.03 Å². The Balaban J connectivity index is 4.39. The van der Waals surface area contributed by atoms with Crippen LogP contribution in [0.4, 0.5) is 4.79 Å². The molecule has 0 aromatic carbocycles. The van der Waals surface area contributed by atoms with Crippen LogP contribution in [0.3, 0.4) is 0 Å². The van der Waals surface area contributed by atoms with E-state index in [4.69, 9.17) is 4.84 Å². The van der Waals surface area contributed by atoms with E-state index in [0.717, 1.165) is 6.54 Å². The van der Waals surface area contributed by atoms with Crippen LogP contribution >= 0.6 is 0 Å². The molecule has 0 radical (unpaired) electrons. The lowest BCUT2D eigenvalue weighted by Crippen LogP contribution is -2.51. The van der Waals surface area contributed by atoms with Crippen LogP contribution in [0.2, 0.25) is 0 Å². The fourth-order valence-electron chi connectivity index (χ4n) is 1.17. The molecule has 0 heterocycles. The predicted molar refractivity (Wildman–Crippen MR) is 60.6 cm³/mol. The minimum absolute atomic E-state index is 0.125. The predicted octanol–water partition coefficient (Wildman–Crippen LogP) is 0.919. The molecule has 15 heavy (non-hydrogen) atoms. The third-order valence-corrected chi connectivity index (χ3v) is 1.99. The normalized spacial score (nSPS) is 11.3. The van der Waals surface area contributed by atoms with Gasteiger partial charge in [-0.1, -0.05) is 0 Å². The first-order chi connectivity index (χ1) is 6.84. The highest BCUT2D eigenvalue weighted by Crippen LogP contribution is 2.14. The summed E-state index contributed by atoms with van der Waals surface area (Å²) in [5.41, 5.74) is -0.334. The third kappa shape index (κ3) is 4.48.